The van der Waals surface area contributed by atoms with Gasteiger partial charge in [0.05, 0.1) is 28.6 Å². The molecule has 0 radical (unpaired) electrons. The van der Waals surface area contributed by atoms with Gasteiger partial charge >= 0.3 is 11.9 Å². The summed E-state index contributed by atoms with van der Waals surface area (Å²) in [5.74, 6) is -0.990. The molecule has 0 spiro atoms. The number of benzene rings is 1. The van der Waals surface area contributed by atoms with Crippen LogP contribution < -0.4 is 10.9 Å². The smallest absolute Gasteiger partial charge is 0.341 e. The van der Waals surface area contributed by atoms with Crippen molar-refractivity contribution in [3.8, 4) is 0 Å². The van der Waals surface area contributed by atoms with E-state index >= 15 is 0 Å². The third-order valence-corrected chi connectivity index (χ3v) is 7.25. The lowest BCUT2D eigenvalue weighted by atomic mass is 10.1. The van der Waals surface area contributed by atoms with E-state index in [1.165, 1.54) is 23.5 Å². The molecule has 0 saturated heterocycles. The summed E-state index contributed by atoms with van der Waals surface area (Å²) in [7, 11) is 0. The minimum Gasteiger partial charge on any atom is -0.462 e. The summed E-state index contributed by atoms with van der Waals surface area (Å²) in [5, 5.41) is 3.56. The van der Waals surface area contributed by atoms with Crippen molar-refractivity contribution < 1.29 is 23.9 Å². The van der Waals surface area contributed by atoms with Gasteiger partial charge in [-0.25, -0.2) is 14.6 Å². The highest BCUT2D eigenvalue weighted by molar-refractivity contribution is 7.17. The fourth-order valence-corrected chi connectivity index (χ4v) is 5.79. The van der Waals surface area contributed by atoms with Gasteiger partial charge in [0.2, 0.25) is 0 Å². The van der Waals surface area contributed by atoms with E-state index in [9.17, 15) is 19.2 Å². The Morgan fingerprint density at radius 2 is 1.97 bits per heavy atom. The van der Waals surface area contributed by atoms with Gasteiger partial charge < -0.3 is 14.8 Å². The molecule has 3 aromatic rings. The molecule has 0 atom stereocenters. The minimum atomic E-state index is -0.696. The molecule has 1 amide bonds. The molecule has 0 fully saturated rings. The van der Waals surface area contributed by atoms with Crippen LogP contribution in [0.15, 0.2) is 23.0 Å². The second-order valence-corrected chi connectivity index (χ2v) is 9.33. The summed E-state index contributed by atoms with van der Waals surface area (Å²) in [4.78, 5) is 55.7. The number of carbonyl (C=O) groups is 3. The van der Waals surface area contributed by atoms with Crippen LogP contribution in [0.5, 0.6) is 0 Å². The molecule has 0 bridgehead atoms. The van der Waals surface area contributed by atoms with E-state index < -0.39 is 24.5 Å². The second-order valence-electron chi connectivity index (χ2n) is 8.23. The SMILES string of the molecule is CCOC(=O)c1c(NC(=O)COC(=O)c2ccc3c(=O)n4c(nc3c2)CCC4)sc2c1CCC2. The third kappa shape index (κ3) is 3.98. The number of aromatic nitrogens is 2. The maximum Gasteiger partial charge on any atom is 0.341 e. The first-order valence-corrected chi connectivity index (χ1v) is 12.1. The molecular weight excluding hydrogens is 458 g/mol. The van der Waals surface area contributed by atoms with E-state index in [1.54, 1.807) is 17.6 Å². The zero-order chi connectivity index (χ0) is 23.8. The van der Waals surface area contributed by atoms with Crippen molar-refractivity contribution in [1.29, 1.82) is 0 Å². The second kappa shape index (κ2) is 9.02. The van der Waals surface area contributed by atoms with Crippen molar-refractivity contribution in [2.75, 3.05) is 18.5 Å². The number of hydrogen-bond donors (Lipinski definition) is 1. The lowest BCUT2D eigenvalue weighted by Crippen LogP contribution is -2.22. The number of fused-ring (bicyclic) bond motifs is 3. The topological polar surface area (TPSA) is 117 Å². The number of anilines is 1. The van der Waals surface area contributed by atoms with E-state index in [1.807, 2.05) is 0 Å². The number of amides is 1. The van der Waals surface area contributed by atoms with E-state index in [0.29, 0.717) is 33.8 Å². The molecule has 0 unspecified atom stereocenters. The van der Waals surface area contributed by atoms with Crippen molar-refractivity contribution in [3.63, 3.8) is 0 Å². The maximum atomic E-state index is 12.6. The Balaban J connectivity index is 1.28. The first kappa shape index (κ1) is 22.3. The largest absolute Gasteiger partial charge is 0.462 e. The summed E-state index contributed by atoms with van der Waals surface area (Å²) in [6.45, 7) is 2.11. The lowest BCUT2D eigenvalue weighted by molar-refractivity contribution is -0.119. The molecule has 34 heavy (non-hydrogen) atoms. The van der Waals surface area contributed by atoms with E-state index in [2.05, 4.69) is 10.3 Å². The van der Waals surface area contributed by atoms with Crippen molar-refractivity contribution in [2.24, 2.45) is 0 Å². The average Bonchev–Trinajstić information content (AvgIpc) is 3.53. The number of thiophene rings is 1. The highest BCUT2D eigenvalue weighted by Crippen LogP contribution is 2.39. The number of nitrogens with one attached hydrogen (secondary N) is 1. The number of ether oxygens (including phenoxy) is 2. The minimum absolute atomic E-state index is 0.114. The van der Waals surface area contributed by atoms with Crippen LogP contribution in [0, 0.1) is 0 Å². The van der Waals surface area contributed by atoms with Crippen LogP contribution >= 0.6 is 11.3 Å². The summed E-state index contributed by atoms with van der Waals surface area (Å²) < 4.78 is 12.0. The van der Waals surface area contributed by atoms with Crippen LogP contribution in [-0.2, 0) is 40.1 Å². The molecule has 10 heteroatoms. The standard InChI is InChI=1S/C24H23N3O6S/c1-2-32-24(31)20-15-5-3-6-17(15)34-21(20)26-19(28)12-33-23(30)13-8-9-14-16(11-13)25-18-7-4-10-27(18)22(14)29/h8-9,11H,2-7,10,12H2,1H3,(H,26,28). The predicted molar refractivity (Wildman–Crippen MR) is 126 cm³/mol. The fourth-order valence-electron chi connectivity index (χ4n) is 4.50. The van der Waals surface area contributed by atoms with Crippen LogP contribution in [-0.4, -0.2) is 40.6 Å². The predicted octanol–water partition coefficient (Wildman–Crippen LogP) is 2.87. The molecule has 5 rings (SSSR count). The van der Waals surface area contributed by atoms with Crippen molar-refractivity contribution in [2.45, 2.75) is 45.6 Å². The van der Waals surface area contributed by atoms with Crippen molar-refractivity contribution >= 4 is 45.1 Å². The molecule has 1 N–H and O–H groups in total. The zero-order valence-electron chi connectivity index (χ0n) is 18.6. The van der Waals surface area contributed by atoms with Crippen molar-refractivity contribution in [1.82, 2.24) is 9.55 Å². The van der Waals surface area contributed by atoms with Crippen LogP contribution in [0.3, 0.4) is 0 Å². The highest BCUT2D eigenvalue weighted by atomic mass is 32.1. The number of esters is 2. The van der Waals surface area contributed by atoms with Gasteiger partial charge in [0.25, 0.3) is 11.5 Å². The third-order valence-electron chi connectivity index (χ3n) is 6.04. The highest BCUT2D eigenvalue weighted by Gasteiger charge is 2.28. The van der Waals surface area contributed by atoms with Crippen LogP contribution in [0.2, 0.25) is 0 Å². The molecule has 1 aliphatic heterocycles. The molecule has 0 saturated carbocycles. The molecule has 1 aliphatic carbocycles. The first-order valence-electron chi connectivity index (χ1n) is 11.3. The molecule has 1 aromatic carbocycles. The quantitative estimate of drug-likeness (QED) is 0.538. The van der Waals surface area contributed by atoms with Gasteiger partial charge in [0.1, 0.15) is 10.8 Å². The van der Waals surface area contributed by atoms with Crippen molar-refractivity contribution in [3.05, 3.63) is 55.9 Å². The van der Waals surface area contributed by atoms with Crippen LogP contribution in [0.25, 0.3) is 10.9 Å². The van der Waals surface area contributed by atoms with E-state index in [4.69, 9.17) is 9.47 Å². The molecule has 2 aromatic heterocycles. The van der Waals surface area contributed by atoms with Gasteiger partial charge in [0.15, 0.2) is 6.61 Å². The number of nitrogens with zero attached hydrogens (tertiary/aromatic N) is 2. The zero-order valence-corrected chi connectivity index (χ0v) is 19.5. The Hall–Kier alpha value is -3.53. The lowest BCUT2D eigenvalue weighted by Gasteiger charge is -2.09. The van der Waals surface area contributed by atoms with Crippen LogP contribution in [0.4, 0.5) is 5.00 Å². The summed E-state index contributed by atoms with van der Waals surface area (Å²) >= 11 is 1.36. The Morgan fingerprint density at radius 1 is 1.12 bits per heavy atom. The van der Waals surface area contributed by atoms with Gasteiger partial charge in [0, 0.05) is 17.8 Å². The van der Waals surface area contributed by atoms with Gasteiger partial charge in [-0.3, -0.25) is 14.2 Å². The molecule has 9 nitrogen and oxygen atoms in total. The summed E-state index contributed by atoms with van der Waals surface area (Å²) in [6, 6.07) is 4.57. The summed E-state index contributed by atoms with van der Waals surface area (Å²) in [5.41, 5.74) is 1.86. The normalized spacial score (nSPS) is 14.0. The molecule has 176 valence electrons. The summed E-state index contributed by atoms with van der Waals surface area (Å²) in [6.07, 6.45) is 4.19. The molecule has 2 aliphatic rings. The average molecular weight is 482 g/mol. The number of aryl methyl sites for hydroxylation is 2. The number of rotatable bonds is 6. The Bertz CT molecular complexity index is 1390. The van der Waals surface area contributed by atoms with E-state index in [-0.39, 0.29) is 17.7 Å². The number of hydrogen-bond acceptors (Lipinski definition) is 8. The fraction of sp³-hybridized carbons (Fsp3) is 0.375. The van der Waals surface area contributed by atoms with Gasteiger partial charge in [-0.05, 0) is 56.4 Å². The maximum absolute atomic E-state index is 12.6. The Morgan fingerprint density at radius 3 is 2.79 bits per heavy atom. The van der Waals surface area contributed by atoms with Gasteiger partial charge in [-0.15, -0.1) is 11.3 Å². The van der Waals surface area contributed by atoms with Crippen LogP contribution in [0.1, 0.15) is 56.7 Å². The Kier molecular flexibility index (Phi) is 5.91. The molecule has 3 heterocycles. The van der Waals surface area contributed by atoms with Gasteiger partial charge in [-0.1, -0.05) is 0 Å². The molecular formula is C24H23N3O6S. The van der Waals surface area contributed by atoms with E-state index in [0.717, 1.165) is 42.5 Å². The van der Waals surface area contributed by atoms with Gasteiger partial charge in [-0.2, -0.15) is 0 Å². The monoisotopic (exact) mass is 481 g/mol. The Labute approximate surface area is 198 Å². The first-order chi connectivity index (χ1) is 16.5. The number of carbonyl (C=O) groups excluding carboxylic acids is 3.